The lowest BCUT2D eigenvalue weighted by Crippen LogP contribution is -2.72. The number of nitrogens with one attached hydrogen (secondary N) is 1. The number of esters is 1. The van der Waals surface area contributed by atoms with Crippen LogP contribution in [0.2, 0.25) is 41.3 Å². The van der Waals surface area contributed by atoms with Crippen molar-refractivity contribution in [3.8, 4) is 0 Å². The maximum Gasteiger partial charge on any atom is 0.337 e. The number of methoxy groups -OCH3 is 2. The van der Waals surface area contributed by atoms with Gasteiger partial charge in [-0.1, -0.05) is 141 Å². The molecule has 0 saturated carbocycles. The van der Waals surface area contributed by atoms with Crippen molar-refractivity contribution in [1.82, 2.24) is 19.5 Å². The van der Waals surface area contributed by atoms with Crippen LogP contribution < -0.4 is 15.7 Å². The van der Waals surface area contributed by atoms with Crippen molar-refractivity contribution >= 4 is 70.0 Å². The number of hydrogen-bond donors (Lipinski definition) is 1. The van der Waals surface area contributed by atoms with Crippen LogP contribution in [0.25, 0.3) is 11.2 Å². The summed E-state index contributed by atoms with van der Waals surface area (Å²) < 4.78 is 49.7. The van der Waals surface area contributed by atoms with Crippen LogP contribution in [-0.2, 0) is 41.8 Å². The maximum atomic E-state index is 15.8. The zero-order valence-corrected chi connectivity index (χ0v) is 47.0. The van der Waals surface area contributed by atoms with E-state index in [9.17, 15) is 9.59 Å². The van der Waals surface area contributed by atoms with Gasteiger partial charge in [0.25, 0.3) is 14.2 Å². The number of amides is 1. The second kappa shape index (κ2) is 20.6. The number of benzene rings is 3. The van der Waals surface area contributed by atoms with Crippen molar-refractivity contribution in [1.29, 1.82) is 0 Å². The minimum absolute atomic E-state index is 0.0364. The number of hydrogen-bond acceptors (Lipinski definition) is 13. The Bertz CT molecular complexity index is 2610. The number of nitrogens with zero attached hydrogens (tertiary/aromatic N) is 4. The first-order valence-electron chi connectivity index (χ1n) is 24.4. The number of carbonyl (C=O) groups is 3. The maximum absolute atomic E-state index is 15.8. The fourth-order valence-electron chi connectivity index (χ4n) is 9.08. The quantitative estimate of drug-likeness (QED) is 0.0782. The highest BCUT2D eigenvalue weighted by molar-refractivity contribution is 6.99. The Balaban J connectivity index is 1.32. The third kappa shape index (κ3) is 10.7. The monoisotopic (exact) mass is 1020 g/mol. The molecule has 1 N–H and O–H groups in total. The van der Waals surface area contributed by atoms with E-state index >= 15 is 4.79 Å². The molecule has 4 heterocycles. The van der Waals surface area contributed by atoms with Gasteiger partial charge in [-0.2, -0.15) is 0 Å². The summed E-state index contributed by atoms with van der Waals surface area (Å²) in [5, 5.41) is 3.73. The van der Waals surface area contributed by atoms with Gasteiger partial charge in [0, 0.05) is 19.1 Å². The summed E-state index contributed by atoms with van der Waals surface area (Å²) in [5.41, 5.74) is 1.17. The van der Waals surface area contributed by atoms with Crippen LogP contribution in [0.1, 0.15) is 85.3 Å². The van der Waals surface area contributed by atoms with E-state index in [4.69, 9.17) is 32.2 Å². The van der Waals surface area contributed by atoms with Gasteiger partial charge >= 0.3 is 5.97 Å². The average Bonchev–Trinajstić information content (AvgIpc) is 3.90. The van der Waals surface area contributed by atoms with Gasteiger partial charge in [0.2, 0.25) is 0 Å². The van der Waals surface area contributed by atoms with Crippen LogP contribution in [0.15, 0.2) is 104 Å². The first-order valence-corrected chi connectivity index (χ1v) is 32.1. The zero-order valence-electron chi connectivity index (χ0n) is 44.0. The summed E-state index contributed by atoms with van der Waals surface area (Å²) in [5.74, 6) is -1.20. The molecule has 2 fully saturated rings. The molecule has 1 amide bonds. The molecule has 18 heteroatoms. The number of ketones is 1. The Hall–Kier alpha value is -4.77. The molecule has 0 bridgehead atoms. The van der Waals surface area contributed by atoms with E-state index in [1.165, 1.54) is 13.4 Å². The summed E-state index contributed by atoms with van der Waals surface area (Å²) in [7, 11) is -5.95. The van der Waals surface area contributed by atoms with E-state index in [1.54, 1.807) is 42.3 Å². The molecule has 3 aromatic carbocycles. The van der Waals surface area contributed by atoms with Crippen LogP contribution in [0.5, 0.6) is 0 Å². The van der Waals surface area contributed by atoms with Crippen LogP contribution in [0, 0.1) is 0 Å². The summed E-state index contributed by atoms with van der Waals surface area (Å²) in [6.45, 7) is 27.7. The third-order valence-electron chi connectivity index (χ3n) is 15.0. The Morgan fingerprint density at radius 2 is 1.23 bits per heavy atom. The Morgan fingerprint density at radius 1 is 0.676 bits per heavy atom. The average molecular weight is 1020 g/mol. The van der Waals surface area contributed by atoms with Crippen LogP contribution in [-0.4, -0.2) is 119 Å². The molecule has 0 radical (unpaired) electrons. The lowest BCUT2D eigenvalue weighted by atomic mass is 9.92. The molecule has 71 heavy (non-hydrogen) atoms. The molecule has 8 atom stereocenters. The molecular formula is C53H73N5O10Si3. The fraction of sp³-hybridized carbons (Fsp3) is 0.509. The van der Waals surface area contributed by atoms with Crippen molar-refractivity contribution in [3.05, 3.63) is 109 Å². The number of rotatable bonds is 15. The predicted octanol–water partition coefficient (Wildman–Crippen LogP) is 8.62. The lowest BCUT2D eigenvalue weighted by Gasteiger charge is -2.51. The largest absolute Gasteiger partial charge is 0.467 e. The fourth-order valence-corrected chi connectivity index (χ4v) is 16.3. The molecule has 0 spiro atoms. The van der Waals surface area contributed by atoms with Crippen LogP contribution >= 0.6 is 0 Å². The first kappa shape index (κ1) is 54.0. The second-order valence-electron chi connectivity index (χ2n) is 22.7. The highest BCUT2D eigenvalue weighted by Crippen LogP contribution is 2.46. The van der Waals surface area contributed by atoms with Crippen molar-refractivity contribution in [2.75, 3.05) is 19.5 Å². The van der Waals surface area contributed by atoms with Crippen LogP contribution in [0.4, 0.5) is 5.82 Å². The van der Waals surface area contributed by atoms with Crippen molar-refractivity contribution in [3.63, 3.8) is 0 Å². The Morgan fingerprint density at radius 3 is 1.75 bits per heavy atom. The number of imidazole rings is 1. The normalized spacial score (nSPS) is 23.7. The molecule has 5 aromatic rings. The minimum Gasteiger partial charge on any atom is -0.467 e. The highest BCUT2D eigenvalue weighted by atomic mass is 28.4. The van der Waals surface area contributed by atoms with Gasteiger partial charge in [0.05, 0.1) is 19.5 Å². The SMILES string of the molecule is COC(=O)[C@H]1O[C@H](C[C@H]2O[C@@H](n3cnc4c(NC(=O)c5ccccc5)ncnc43)[C@H](OC)[C@H]2O[Si](C)(C)C(C)(C)C)C(=O)[C@@H](O[Si](C)(C)C(C)(C)C)[C@@H]1O[Si](c1ccccc1)(c1ccccc1)C(C)(C)C. The number of anilines is 1. The molecule has 2 aliphatic rings. The summed E-state index contributed by atoms with van der Waals surface area (Å²) in [6.07, 6.45) is -5.35. The van der Waals surface area contributed by atoms with Gasteiger partial charge in [-0.3, -0.25) is 14.2 Å². The predicted molar refractivity (Wildman–Crippen MR) is 281 cm³/mol. The second-order valence-corrected chi connectivity index (χ2v) is 36.5. The standard InChI is InChI=1S/C53H73N5O10Si3/c1-51(2,3)69(12,13)66-41-38(65-49(44(41)62-10)58-33-56-39-46(54-32-55-47(39)58)57-48(60)34-25-19-16-20-26-34)31-37-40(59)42(67-70(14,15)52(4,5)6)43(45(64-37)50(61)63-11)68-71(53(7,8)9,35-27-21-17-22-28-35)36-29-23-18-24-30-36/h16-30,32-33,37-38,41-45,49H,31H2,1-15H3,(H,54,55,57,60)/t37-,38-,41+,42-,43+,44-,45+,49-/m1/s1. The van der Waals surface area contributed by atoms with Gasteiger partial charge in [-0.05, 0) is 63.8 Å². The molecule has 2 aliphatic heterocycles. The lowest BCUT2D eigenvalue weighted by molar-refractivity contribution is -0.196. The van der Waals surface area contributed by atoms with E-state index in [0.29, 0.717) is 16.7 Å². The van der Waals surface area contributed by atoms with Crippen LogP contribution in [0.3, 0.4) is 0 Å². The summed E-state index contributed by atoms with van der Waals surface area (Å²) in [6, 6.07) is 29.0. The molecule has 2 saturated heterocycles. The van der Waals surface area contributed by atoms with Gasteiger partial charge in [0.15, 0.2) is 51.7 Å². The Kier molecular flexibility index (Phi) is 15.7. The molecular weight excluding hydrogens is 951 g/mol. The summed E-state index contributed by atoms with van der Waals surface area (Å²) in [4.78, 5) is 57.2. The van der Waals surface area contributed by atoms with Gasteiger partial charge < -0.3 is 37.5 Å². The smallest absolute Gasteiger partial charge is 0.337 e. The zero-order chi connectivity index (χ0) is 51.9. The van der Waals surface area contributed by atoms with E-state index in [1.807, 2.05) is 42.5 Å². The van der Waals surface area contributed by atoms with E-state index in [0.717, 1.165) is 10.4 Å². The topological polar surface area (TPSA) is 171 Å². The van der Waals surface area contributed by atoms with E-state index in [2.05, 4.69) is 133 Å². The minimum atomic E-state index is -3.45. The number of ether oxygens (including phenoxy) is 4. The van der Waals surface area contributed by atoms with Crippen molar-refractivity contribution < 1.29 is 46.6 Å². The number of carbonyl (C=O) groups excluding carboxylic acids is 3. The number of aromatic nitrogens is 4. The molecule has 382 valence electrons. The molecule has 7 rings (SSSR count). The van der Waals surface area contributed by atoms with Gasteiger partial charge in [-0.25, -0.2) is 19.7 Å². The summed E-state index contributed by atoms with van der Waals surface area (Å²) >= 11 is 0. The van der Waals surface area contributed by atoms with Crippen molar-refractivity contribution in [2.45, 2.75) is 159 Å². The number of Topliss-reactive ketones (excluding diaryl/α,β-unsaturated/α-hetero) is 1. The third-order valence-corrected chi connectivity index (χ3v) is 29.0. The van der Waals surface area contributed by atoms with Gasteiger partial charge in [0.1, 0.15) is 36.8 Å². The molecule has 2 aromatic heterocycles. The molecule has 0 unspecified atom stereocenters. The highest BCUT2D eigenvalue weighted by Gasteiger charge is 2.61. The molecule has 15 nitrogen and oxygen atoms in total. The van der Waals surface area contributed by atoms with E-state index in [-0.39, 0.29) is 34.0 Å². The van der Waals surface area contributed by atoms with Gasteiger partial charge in [-0.15, -0.1) is 0 Å². The van der Waals surface area contributed by atoms with E-state index < -0.39 is 84.9 Å². The van der Waals surface area contributed by atoms with Crippen molar-refractivity contribution in [2.24, 2.45) is 0 Å². The first-order chi connectivity index (χ1) is 33.3. The Labute approximate surface area is 422 Å². The number of fused-ring (bicyclic) bond motifs is 1. The molecule has 0 aliphatic carbocycles.